The Labute approximate surface area is 255 Å². The molecule has 2 aliphatic heterocycles. The minimum absolute atomic E-state index is 0.0529. The molecule has 17 heteroatoms. The number of sulfone groups is 2. The summed E-state index contributed by atoms with van der Waals surface area (Å²) in [5.74, 6) is -1.92. The molecule has 0 spiro atoms. The summed E-state index contributed by atoms with van der Waals surface area (Å²) < 4.78 is 159. The number of halogens is 8. The molecule has 0 unspecified atom stereocenters. The number of amides is 1. The number of carbonyl (C=O) groups excluding carboxylic acids is 1. The molecule has 0 radical (unpaired) electrons. The van der Waals surface area contributed by atoms with Crippen molar-refractivity contribution in [1.29, 1.82) is 0 Å². The second kappa shape index (κ2) is 11.5. The van der Waals surface area contributed by atoms with Crippen LogP contribution in [0.2, 0.25) is 0 Å². The number of rotatable bonds is 7. The summed E-state index contributed by atoms with van der Waals surface area (Å²) in [5, 5.41) is 0. The molecule has 0 aliphatic carbocycles. The van der Waals surface area contributed by atoms with Gasteiger partial charge in [-0.3, -0.25) is 4.79 Å². The number of benzene rings is 2. The predicted molar refractivity (Wildman–Crippen MR) is 147 cm³/mol. The second-order valence-electron chi connectivity index (χ2n) is 11.8. The van der Waals surface area contributed by atoms with E-state index in [2.05, 4.69) is 0 Å². The van der Waals surface area contributed by atoms with Crippen molar-refractivity contribution in [2.45, 2.75) is 46.9 Å². The molecular formula is C28H30F8N2O5S2. The fourth-order valence-corrected chi connectivity index (χ4v) is 9.89. The van der Waals surface area contributed by atoms with Gasteiger partial charge in [0, 0.05) is 25.2 Å². The first-order chi connectivity index (χ1) is 20.5. The smallest absolute Gasteiger partial charge is 0.340 e. The number of hydrogen-bond donors (Lipinski definition) is 0. The van der Waals surface area contributed by atoms with Crippen LogP contribution in [0.4, 0.5) is 35.1 Å². The molecule has 0 N–H and O–H groups in total. The van der Waals surface area contributed by atoms with Crippen molar-refractivity contribution in [3.8, 4) is 0 Å². The van der Waals surface area contributed by atoms with E-state index in [4.69, 9.17) is 0 Å². The van der Waals surface area contributed by atoms with Crippen molar-refractivity contribution in [3.63, 3.8) is 0 Å². The lowest BCUT2D eigenvalue weighted by Crippen LogP contribution is -2.53. The quantitative estimate of drug-likeness (QED) is 0.307. The van der Waals surface area contributed by atoms with E-state index in [1.54, 1.807) is 19.0 Å². The molecule has 2 fully saturated rings. The van der Waals surface area contributed by atoms with Crippen molar-refractivity contribution >= 4 is 25.6 Å². The Morgan fingerprint density at radius 3 is 1.84 bits per heavy atom. The molecule has 250 valence electrons. The van der Waals surface area contributed by atoms with E-state index in [0.717, 1.165) is 24.3 Å². The van der Waals surface area contributed by atoms with Gasteiger partial charge in [0.25, 0.3) is 0 Å². The summed E-state index contributed by atoms with van der Waals surface area (Å²) in [5.41, 5.74) is -9.11. The standard InChI is InChI=1S/C28H30F8N2O5S2/c1-37(2)17-24(12-15-44(40,41)16-13-24)23(39)38-14-11-25(18-38,45(42,43)22-9-7-21(29)8-10-22)19-3-5-20(6-4-19)26(30,27(31,32)33)28(34,35)36/h3-10H,11-18H2,1-2H3/t25-/m0/s1. The molecule has 2 aromatic carbocycles. The highest BCUT2D eigenvalue weighted by atomic mass is 32.2. The fraction of sp³-hybridized carbons (Fsp3) is 0.536. The van der Waals surface area contributed by atoms with E-state index in [0.29, 0.717) is 12.1 Å². The van der Waals surface area contributed by atoms with Gasteiger partial charge in [0.15, 0.2) is 9.84 Å². The third-order valence-corrected chi connectivity index (χ3v) is 12.7. The number of nitrogens with zero attached hydrogens (tertiary/aromatic N) is 2. The van der Waals surface area contributed by atoms with Crippen LogP contribution in [0, 0.1) is 11.2 Å². The highest BCUT2D eigenvalue weighted by Crippen LogP contribution is 2.54. The third kappa shape index (κ3) is 6.06. The van der Waals surface area contributed by atoms with Crippen LogP contribution < -0.4 is 0 Å². The summed E-state index contributed by atoms with van der Waals surface area (Å²) >= 11 is 0. The lowest BCUT2D eigenvalue weighted by atomic mass is 9.79. The topological polar surface area (TPSA) is 91.8 Å². The first-order valence-corrected chi connectivity index (χ1v) is 16.9. The van der Waals surface area contributed by atoms with Gasteiger partial charge in [-0.2, -0.15) is 26.3 Å². The number of alkyl halides is 7. The maximum absolute atomic E-state index is 14.8. The average Bonchev–Trinajstić information content (AvgIpc) is 3.40. The van der Waals surface area contributed by atoms with Crippen LogP contribution in [0.5, 0.6) is 0 Å². The summed E-state index contributed by atoms with van der Waals surface area (Å²) in [6.07, 6.45) is -13.3. The van der Waals surface area contributed by atoms with Gasteiger partial charge in [-0.15, -0.1) is 0 Å². The lowest BCUT2D eigenvalue weighted by molar-refractivity contribution is -0.348. The summed E-state index contributed by atoms with van der Waals surface area (Å²) in [6.45, 7) is -0.703. The van der Waals surface area contributed by atoms with Crippen molar-refractivity contribution in [3.05, 3.63) is 65.5 Å². The van der Waals surface area contributed by atoms with Gasteiger partial charge >= 0.3 is 18.0 Å². The van der Waals surface area contributed by atoms with Crippen LogP contribution in [-0.4, -0.2) is 90.1 Å². The number of likely N-dealkylation sites (tertiary alicyclic amines) is 1. The summed E-state index contributed by atoms with van der Waals surface area (Å²) in [7, 11) is -4.73. The lowest BCUT2D eigenvalue weighted by Gasteiger charge is -2.40. The van der Waals surface area contributed by atoms with E-state index >= 15 is 0 Å². The van der Waals surface area contributed by atoms with Gasteiger partial charge in [-0.05, 0) is 63.2 Å². The SMILES string of the molecule is CN(C)CC1(C(=O)N2CC[C@](c3ccc(C(F)(C(F)(F)F)C(F)(F)F)cc3)(S(=O)(=O)c3ccc(F)cc3)C2)CCS(=O)(=O)CC1. The third-order valence-electron chi connectivity index (χ3n) is 8.60. The van der Waals surface area contributed by atoms with Crippen LogP contribution in [0.25, 0.3) is 0 Å². The zero-order valence-electron chi connectivity index (χ0n) is 24.1. The number of hydrogen-bond acceptors (Lipinski definition) is 6. The molecule has 2 saturated heterocycles. The maximum atomic E-state index is 14.8. The molecule has 7 nitrogen and oxygen atoms in total. The molecular weight excluding hydrogens is 660 g/mol. The van der Waals surface area contributed by atoms with Gasteiger partial charge in [0.2, 0.25) is 5.91 Å². The van der Waals surface area contributed by atoms with Gasteiger partial charge in [-0.25, -0.2) is 25.6 Å². The molecule has 0 saturated carbocycles. The summed E-state index contributed by atoms with van der Waals surface area (Å²) in [6, 6.07) is 5.29. The molecule has 2 aromatic rings. The fourth-order valence-electron chi connectivity index (χ4n) is 6.21. The Kier molecular flexibility index (Phi) is 8.94. The Bertz CT molecular complexity index is 1610. The minimum Gasteiger partial charge on any atom is -0.340 e. The maximum Gasteiger partial charge on any atom is 0.435 e. The highest BCUT2D eigenvalue weighted by molar-refractivity contribution is 7.92. The van der Waals surface area contributed by atoms with E-state index in [9.17, 15) is 56.8 Å². The molecule has 2 heterocycles. The van der Waals surface area contributed by atoms with Crippen molar-refractivity contribution in [2.75, 3.05) is 45.2 Å². The van der Waals surface area contributed by atoms with Gasteiger partial charge < -0.3 is 9.80 Å². The Hall–Kier alpha value is -2.79. The van der Waals surface area contributed by atoms with E-state index in [1.165, 1.54) is 4.90 Å². The molecule has 1 amide bonds. The van der Waals surface area contributed by atoms with Crippen LogP contribution in [0.15, 0.2) is 53.4 Å². The van der Waals surface area contributed by atoms with Gasteiger partial charge in [0.05, 0.1) is 21.8 Å². The van der Waals surface area contributed by atoms with Crippen molar-refractivity contribution < 1.29 is 56.8 Å². The second-order valence-corrected chi connectivity index (χ2v) is 16.4. The first-order valence-electron chi connectivity index (χ1n) is 13.6. The van der Waals surface area contributed by atoms with E-state index in [-0.39, 0.29) is 61.6 Å². The Balaban J connectivity index is 1.83. The largest absolute Gasteiger partial charge is 0.435 e. The van der Waals surface area contributed by atoms with Crippen LogP contribution in [0.3, 0.4) is 0 Å². The van der Waals surface area contributed by atoms with Gasteiger partial charge in [0.1, 0.15) is 20.4 Å². The van der Waals surface area contributed by atoms with Crippen LogP contribution in [-0.2, 0) is 34.9 Å². The number of carbonyl (C=O) groups is 1. The highest BCUT2D eigenvalue weighted by Gasteiger charge is 2.73. The normalized spacial score (nSPS) is 22.5. The van der Waals surface area contributed by atoms with Crippen molar-refractivity contribution in [2.24, 2.45) is 5.41 Å². The predicted octanol–water partition coefficient (Wildman–Crippen LogP) is 4.77. The van der Waals surface area contributed by atoms with Gasteiger partial charge in [-0.1, -0.05) is 24.3 Å². The minimum atomic E-state index is -6.39. The molecule has 0 bridgehead atoms. The summed E-state index contributed by atoms with van der Waals surface area (Å²) in [4.78, 5) is 16.5. The van der Waals surface area contributed by atoms with E-state index < -0.39 is 76.6 Å². The van der Waals surface area contributed by atoms with Crippen LogP contribution >= 0.6 is 0 Å². The zero-order valence-corrected chi connectivity index (χ0v) is 25.7. The molecule has 1 atom stereocenters. The average molecular weight is 691 g/mol. The monoisotopic (exact) mass is 690 g/mol. The Morgan fingerprint density at radius 2 is 1.38 bits per heavy atom. The van der Waals surface area contributed by atoms with Crippen LogP contribution in [0.1, 0.15) is 30.4 Å². The molecule has 45 heavy (non-hydrogen) atoms. The first kappa shape index (κ1) is 35.1. The van der Waals surface area contributed by atoms with Crippen molar-refractivity contribution in [1.82, 2.24) is 9.80 Å². The molecule has 2 aliphatic rings. The molecule has 0 aromatic heterocycles. The Morgan fingerprint density at radius 1 is 0.867 bits per heavy atom. The zero-order chi connectivity index (χ0) is 33.9. The van der Waals surface area contributed by atoms with E-state index in [1.807, 2.05) is 0 Å². The molecule has 4 rings (SSSR count).